The summed E-state index contributed by atoms with van der Waals surface area (Å²) in [7, 11) is 1.86. The predicted molar refractivity (Wildman–Crippen MR) is 63.7 cm³/mol. The zero-order chi connectivity index (χ0) is 10.3. The van der Waals surface area contributed by atoms with Crippen LogP contribution < -0.4 is 5.32 Å². The van der Waals surface area contributed by atoms with Crippen LogP contribution in [0.4, 0.5) is 5.13 Å². The van der Waals surface area contributed by atoms with Gasteiger partial charge in [0.25, 0.3) is 0 Å². The van der Waals surface area contributed by atoms with Crippen LogP contribution >= 0.6 is 22.7 Å². The highest BCUT2D eigenvalue weighted by molar-refractivity contribution is 7.20. The molecule has 76 valence electrons. The lowest BCUT2D eigenvalue weighted by atomic mass is 10.3. The van der Waals surface area contributed by atoms with Crippen molar-refractivity contribution in [3.63, 3.8) is 0 Å². The van der Waals surface area contributed by atoms with Gasteiger partial charge in [-0.25, -0.2) is 9.50 Å². The minimum Gasteiger partial charge on any atom is -0.363 e. The molecule has 4 nitrogen and oxygen atoms in total. The fourth-order valence-corrected chi connectivity index (χ4v) is 2.78. The van der Waals surface area contributed by atoms with E-state index in [0.717, 1.165) is 15.8 Å². The molecular formula is C9H8N4S2. The van der Waals surface area contributed by atoms with Crippen LogP contribution in [-0.4, -0.2) is 21.6 Å². The lowest BCUT2D eigenvalue weighted by Crippen LogP contribution is -1.90. The number of thiophene rings is 1. The molecule has 0 saturated heterocycles. The van der Waals surface area contributed by atoms with Gasteiger partial charge < -0.3 is 5.32 Å². The van der Waals surface area contributed by atoms with Crippen molar-refractivity contribution in [2.24, 2.45) is 0 Å². The Balaban J connectivity index is 2.23. The SMILES string of the molecule is CNc1nn2c(-c3ccsc3)cnc2s1. The summed E-state index contributed by atoms with van der Waals surface area (Å²) in [5.41, 5.74) is 2.21. The van der Waals surface area contributed by atoms with E-state index in [4.69, 9.17) is 0 Å². The highest BCUT2D eigenvalue weighted by atomic mass is 32.1. The Morgan fingerprint density at radius 2 is 2.40 bits per heavy atom. The van der Waals surface area contributed by atoms with E-state index in [9.17, 15) is 0 Å². The maximum atomic E-state index is 4.41. The Morgan fingerprint density at radius 1 is 1.47 bits per heavy atom. The minimum absolute atomic E-state index is 0.884. The Bertz CT molecular complexity index is 578. The van der Waals surface area contributed by atoms with Crippen LogP contribution in [0.5, 0.6) is 0 Å². The van der Waals surface area contributed by atoms with Gasteiger partial charge >= 0.3 is 0 Å². The molecule has 0 aliphatic carbocycles. The normalized spacial score (nSPS) is 11.0. The van der Waals surface area contributed by atoms with Crippen LogP contribution in [0.2, 0.25) is 0 Å². The molecule has 1 N–H and O–H groups in total. The second kappa shape index (κ2) is 3.32. The van der Waals surface area contributed by atoms with Gasteiger partial charge in [0.2, 0.25) is 10.1 Å². The Kier molecular flexibility index (Phi) is 1.96. The van der Waals surface area contributed by atoms with Gasteiger partial charge in [0.05, 0.1) is 11.9 Å². The predicted octanol–water partition coefficient (Wildman–Crippen LogP) is 2.56. The molecular weight excluding hydrogens is 228 g/mol. The van der Waals surface area contributed by atoms with Crippen molar-refractivity contribution in [3.05, 3.63) is 23.0 Å². The molecule has 0 aliphatic rings. The van der Waals surface area contributed by atoms with Gasteiger partial charge in [-0.3, -0.25) is 0 Å². The minimum atomic E-state index is 0.884. The van der Waals surface area contributed by atoms with Gasteiger partial charge in [-0.2, -0.15) is 11.3 Å². The largest absolute Gasteiger partial charge is 0.363 e. The average molecular weight is 236 g/mol. The molecule has 3 rings (SSSR count). The molecule has 0 radical (unpaired) electrons. The molecule has 0 unspecified atom stereocenters. The van der Waals surface area contributed by atoms with Crippen LogP contribution in [0.3, 0.4) is 0 Å². The van der Waals surface area contributed by atoms with E-state index < -0.39 is 0 Å². The van der Waals surface area contributed by atoms with E-state index in [0.29, 0.717) is 0 Å². The van der Waals surface area contributed by atoms with E-state index in [1.165, 1.54) is 5.56 Å². The van der Waals surface area contributed by atoms with Gasteiger partial charge in [0, 0.05) is 18.0 Å². The van der Waals surface area contributed by atoms with Gasteiger partial charge in [-0.15, -0.1) is 5.10 Å². The summed E-state index contributed by atoms with van der Waals surface area (Å²) in [6, 6.07) is 2.08. The first kappa shape index (κ1) is 8.87. The number of rotatable bonds is 2. The third-order valence-electron chi connectivity index (χ3n) is 2.12. The highest BCUT2D eigenvalue weighted by Crippen LogP contribution is 2.26. The Labute approximate surface area is 94.2 Å². The number of nitrogens with zero attached hydrogens (tertiary/aromatic N) is 3. The van der Waals surface area contributed by atoms with Crippen molar-refractivity contribution in [2.75, 3.05) is 12.4 Å². The van der Waals surface area contributed by atoms with Crippen LogP contribution in [0.15, 0.2) is 23.0 Å². The van der Waals surface area contributed by atoms with E-state index in [-0.39, 0.29) is 0 Å². The fourth-order valence-electron chi connectivity index (χ4n) is 1.40. The van der Waals surface area contributed by atoms with Crippen molar-refractivity contribution in [3.8, 4) is 11.3 Å². The van der Waals surface area contributed by atoms with Crippen LogP contribution in [0.1, 0.15) is 0 Å². The lowest BCUT2D eigenvalue weighted by molar-refractivity contribution is 0.983. The van der Waals surface area contributed by atoms with E-state index in [1.54, 1.807) is 22.7 Å². The number of fused-ring (bicyclic) bond motifs is 1. The summed E-state index contributed by atoms with van der Waals surface area (Å²) in [5, 5.41) is 12.5. The Hall–Kier alpha value is -1.40. The quantitative estimate of drug-likeness (QED) is 0.743. The summed E-state index contributed by atoms with van der Waals surface area (Å²) >= 11 is 3.23. The summed E-state index contributed by atoms with van der Waals surface area (Å²) in [6.45, 7) is 0. The number of imidazole rings is 1. The monoisotopic (exact) mass is 236 g/mol. The zero-order valence-corrected chi connectivity index (χ0v) is 9.60. The first-order chi connectivity index (χ1) is 7.38. The zero-order valence-electron chi connectivity index (χ0n) is 7.97. The van der Waals surface area contributed by atoms with Gasteiger partial charge in [0.15, 0.2) is 0 Å². The van der Waals surface area contributed by atoms with Crippen LogP contribution in [0.25, 0.3) is 16.2 Å². The average Bonchev–Trinajstić information content (AvgIpc) is 2.92. The molecule has 0 aromatic carbocycles. The molecule has 15 heavy (non-hydrogen) atoms. The maximum Gasteiger partial charge on any atom is 0.214 e. The second-order valence-electron chi connectivity index (χ2n) is 3.01. The fraction of sp³-hybridized carbons (Fsp3) is 0.111. The van der Waals surface area contributed by atoms with Crippen molar-refractivity contribution >= 4 is 32.8 Å². The molecule has 3 aromatic heterocycles. The molecule has 0 bridgehead atoms. The van der Waals surface area contributed by atoms with E-state index >= 15 is 0 Å². The van der Waals surface area contributed by atoms with Crippen molar-refractivity contribution in [2.45, 2.75) is 0 Å². The van der Waals surface area contributed by atoms with Crippen molar-refractivity contribution in [1.82, 2.24) is 14.6 Å². The summed E-state index contributed by atoms with van der Waals surface area (Å²) in [5.74, 6) is 0. The number of hydrogen-bond acceptors (Lipinski definition) is 5. The third-order valence-corrected chi connectivity index (χ3v) is 3.74. The maximum absolute atomic E-state index is 4.41. The molecule has 0 amide bonds. The van der Waals surface area contributed by atoms with Crippen molar-refractivity contribution in [1.29, 1.82) is 0 Å². The molecule has 0 fully saturated rings. The summed E-state index contributed by atoms with van der Waals surface area (Å²) in [6.07, 6.45) is 1.86. The van der Waals surface area contributed by atoms with Gasteiger partial charge in [-0.05, 0) is 11.4 Å². The summed E-state index contributed by atoms with van der Waals surface area (Å²) < 4.78 is 1.87. The van der Waals surface area contributed by atoms with Crippen LogP contribution in [0, 0.1) is 0 Å². The Morgan fingerprint density at radius 3 is 3.13 bits per heavy atom. The van der Waals surface area contributed by atoms with Gasteiger partial charge in [0.1, 0.15) is 0 Å². The number of nitrogens with one attached hydrogen (secondary N) is 1. The molecule has 0 aliphatic heterocycles. The standard InChI is InChI=1S/C9H8N4S2/c1-10-8-12-13-7(4-11-9(13)15-8)6-2-3-14-5-6/h2-5H,1H3,(H,10,12). The first-order valence-corrected chi connectivity index (χ1v) is 6.19. The van der Waals surface area contributed by atoms with E-state index in [2.05, 4.69) is 32.2 Å². The number of aromatic nitrogens is 3. The lowest BCUT2D eigenvalue weighted by Gasteiger charge is -1.92. The molecule has 6 heteroatoms. The van der Waals surface area contributed by atoms with Crippen LogP contribution in [-0.2, 0) is 0 Å². The number of hydrogen-bond donors (Lipinski definition) is 1. The number of anilines is 1. The van der Waals surface area contributed by atoms with E-state index in [1.807, 2.05) is 17.8 Å². The molecule has 0 saturated carbocycles. The molecule has 3 aromatic rings. The molecule has 0 atom stereocenters. The first-order valence-electron chi connectivity index (χ1n) is 4.43. The molecule has 0 spiro atoms. The topological polar surface area (TPSA) is 42.2 Å². The van der Waals surface area contributed by atoms with Crippen molar-refractivity contribution < 1.29 is 0 Å². The second-order valence-corrected chi connectivity index (χ2v) is 4.74. The third kappa shape index (κ3) is 1.33. The highest BCUT2D eigenvalue weighted by Gasteiger charge is 2.10. The van der Waals surface area contributed by atoms with Gasteiger partial charge in [-0.1, -0.05) is 11.3 Å². The summed E-state index contributed by atoms with van der Waals surface area (Å²) in [4.78, 5) is 5.24. The smallest absolute Gasteiger partial charge is 0.214 e. The molecule has 3 heterocycles.